The lowest BCUT2D eigenvalue weighted by atomic mass is 10.0. The highest BCUT2D eigenvalue weighted by Crippen LogP contribution is 2.41. The molecule has 0 saturated heterocycles. The zero-order chi connectivity index (χ0) is 20.7. The first-order valence-electron chi connectivity index (χ1n) is 9.43. The van der Waals surface area contributed by atoms with Crippen LogP contribution < -0.4 is 19.7 Å². The van der Waals surface area contributed by atoms with Crippen molar-refractivity contribution in [1.82, 2.24) is 0 Å². The minimum absolute atomic E-state index is 0.134. The molecule has 5 rings (SSSR count). The first-order valence-corrected chi connectivity index (χ1v) is 9.43. The van der Waals surface area contributed by atoms with E-state index in [2.05, 4.69) is 5.32 Å². The molecule has 0 aromatic heterocycles. The number of carbonyl (C=O) groups is 2. The fourth-order valence-electron chi connectivity index (χ4n) is 3.71. The van der Waals surface area contributed by atoms with Crippen molar-refractivity contribution in [3.63, 3.8) is 0 Å². The second-order valence-corrected chi connectivity index (χ2v) is 6.92. The lowest BCUT2D eigenvalue weighted by molar-refractivity contribution is 0.0600. The van der Waals surface area contributed by atoms with Gasteiger partial charge < -0.3 is 19.5 Å². The maximum atomic E-state index is 13.5. The van der Waals surface area contributed by atoms with Gasteiger partial charge in [-0.05, 0) is 42.0 Å². The summed E-state index contributed by atoms with van der Waals surface area (Å²) in [5, 5.41) is 3.44. The van der Waals surface area contributed by atoms with Crippen LogP contribution in [0.3, 0.4) is 0 Å². The van der Waals surface area contributed by atoms with E-state index in [1.165, 1.54) is 7.11 Å². The molecule has 0 saturated carbocycles. The van der Waals surface area contributed by atoms with Crippen LogP contribution in [0.1, 0.15) is 32.4 Å². The third-order valence-electron chi connectivity index (χ3n) is 5.21. The number of carbonyl (C=O) groups excluding carboxylic acids is 2. The Labute approximate surface area is 172 Å². The van der Waals surface area contributed by atoms with Crippen LogP contribution in [0.2, 0.25) is 0 Å². The molecular weight excluding hydrogens is 384 g/mol. The van der Waals surface area contributed by atoms with Gasteiger partial charge in [0.2, 0.25) is 6.79 Å². The van der Waals surface area contributed by atoms with Crippen LogP contribution in [0.25, 0.3) is 0 Å². The molecule has 30 heavy (non-hydrogen) atoms. The third kappa shape index (κ3) is 2.91. The van der Waals surface area contributed by atoms with E-state index in [1.807, 2.05) is 36.4 Å². The highest BCUT2D eigenvalue weighted by molar-refractivity contribution is 6.12. The normalized spacial score (nSPS) is 16.6. The number of hydrogen-bond donors (Lipinski definition) is 1. The Bertz CT molecular complexity index is 1140. The summed E-state index contributed by atoms with van der Waals surface area (Å²) in [7, 11) is 1.34. The van der Waals surface area contributed by atoms with Gasteiger partial charge in [0, 0.05) is 11.8 Å². The molecule has 2 aliphatic rings. The quantitative estimate of drug-likeness (QED) is 0.668. The van der Waals surface area contributed by atoms with Gasteiger partial charge in [-0.25, -0.2) is 4.79 Å². The molecule has 0 bridgehead atoms. The van der Waals surface area contributed by atoms with E-state index >= 15 is 0 Å². The molecule has 0 aliphatic carbocycles. The van der Waals surface area contributed by atoms with E-state index in [1.54, 1.807) is 35.2 Å². The lowest BCUT2D eigenvalue weighted by Gasteiger charge is -2.38. The van der Waals surface area contributed by atoms with Gasteiger partial charge in [0.25, 0.3) is 5.91 Å². The molecule has 0 unspecified atom stereocenters. The number of nitrogens with zero attached hydrogens (tertiary/aromatic N) is 1. The Morgan fingerprint density at radius 2 is 1.80 bits per heavy atom. The monoisotopic (exact) mass is 402 g/mol. The molecule has 2 heterocycles. The Balaban J connectivity index is 1.59. The zero-order valence-electron chi connectivity index (χ0n) is 16.1. The van der Waals surface area contributed by atoms with E-state index in [4.69, 9.17) is 14.2 Å². The van der Waals surface area contributed by atoms with E-state index in [0.29, 0.717) is 28.3 Å². The Kier molecular flexibility index (Phi) is 4.28. The summed E-state index contributed by atoms with van der Waals surface area (Å²) in [5.74, 6) is 0.701. The number of hydrogen-bond acceptors (Lipinski definition) is 6. The van der Waals surface area contributed by atoms with Gasteiger partial charge >= 0.3 is 5.97 Å². The number of para-hydroxylation sites is 1. The largest absolute Gasteiger partial charge is 0.465 e. The second-order valence-electron chi connectivity index (χ2n) is 6.92. The SMILES string of the molecule is COC(=O)c1ccc([C@@H]2Nc3ccccc3C(=O)N2c2ccc3c(c2)OCO3)cc1. The molecule has 2 aliphatic heterocycles. The van der Waals surface area contributed by atoms with E-state index in [9.17, 15) is 9.59 Å². The summed E-state index contributed by atoms with van der Waals surface area (Å²) in [6, 6.07) is 19.8. The van der Waals surface area contributed by atoms with E-state index < -0.39 is 12.1 Å². The van der Waals surface area contributed by atoms with Gasteiger partial charge in [0.05, 0.1) is 23.9 Å². The van der Waals surface area contributed by atoms with Crippen LogP contribution in [0.5, 0.6) is 11.5 Å². The Hall–Kier alpha value is -4.00. The summed E-state index contributed by atoms with van der Waals surface area (Å²) in [6.45, 7) is 0.159. The van der Waals surface area contributed by atoms with Crippen molar-refractivity contribution in [2.45, 2.75) is 6.17 Å². The van der Waals surface area contributed by atoms with Crippen LogP contribution >= 0.6 is 0 Å². The molecule has 1 amide bonds. The molecule has 7 heteroatoms. The Morgan fingerprint density at radius 3 is 2.60 bits per heavy atom. The zero-order valence-corrected chi connectivity index (χ0v) is 16.1. The molecule has 0 spiro atoms. The first-order chi connectivity index (χ1) is 14.7. The minimum Gasteiger partial charge on any atom is -0.465 e. The predicted octanol–water partition coefficient (Wildman–Crippen LogP) is 3.97. The smallest absolute Gasteiger partial charge is 0.337 e. The number of nitrogens with one attached hydrogen (secondary N) is 1. The number of ether oxygens (including phenoxy) is 3. The first kappa shape index (κ1) is 18.1. The topological polar surface area (TPSA) is 77.1 Å². The van der Waals surface area contributed by atoms with Crippen molar-refractivity contribution in [2.75, 3.05) is 24.1 Å². The van der Waals surface area contributed by atoms with Gasteiger partial charge in [-0.3, -0.25) is 9.69 Å². The number of rotatable bonds is 3. The maximum Gasteiger partial charge on any atom is 0.337 e. The van der Waals surface area contributed by atoms with Crippen LogP contribution in [-0.2, 0) is 4.74 Å². The van der Waals surface area contributed by atoms with Crippen LogP contribution in [0, 0.1) is 0 Å². The van der Waals surface area contributed by atoms with Crippen LogP contribution in [0.15, 0.2) is 66.7 Å². The van der Waals surface area contributed by atoms with Crippen molar-refractivity contribution < 1.29 is 23.8 Å². The van der Waals surface area contributed by atoms with Gasteiger partial charge in [0.15, 0.2) is 11.5 Å². The Morgan fingerprint density at radius 1 is 1.03 bits per heavy atom. The van der Waals surface area contributed by atoms with Crippen LogP contribution in [0.4, 0.5) is 11.4 Å². The highest BCUT2D eigenvalue weighted by Gasteiger charge is 2.34. The maximum absolute atomic E-state index is 13.5. The number of anilines is 2. The summed E-state index contributed by atoms with van der Waals surface area (Å²) in [5.41, 5.74) is 3.27. The molecule has 0 fully saturated rings. The summed E-state index contributed by atoms with van der Waals surface area (Å²) >= 11 is 0. The fourth-order valence-corrected chi connectivity index (χ4v) is 3.71. The fraction of sp³-hybridized carbons (Fsp3) is 0.130. The molecular formula is C23H18N2O5. The lowest BCUT2D eigenvalue weighted by Crippen LogP contribution is -2.43. The molecule has 0 radical (unpaired) electrons. The molecule has 1 N–H and O–H groups in total. The van der Waals surface area contributed by atoms with Crippen molar-refractivity contribution in [3.05, 3.63) is 83.4 Å². The minimum atomic E-state index is -0.473. The van der Waals surface area contributed by atoms with Crippen molar-refractivity contribution in [3.8, 4) is 11.5 Å². The third-order valence-corrected chi connectivity index (χ3v) is 5.21. The number of benzene rings is 3. The number of methoxy groups -OCH3 is 1. The standard InChI is InChI=1S/C23H18N2O5/c1-28-23(27)15-8-6-14(7-9-15)21-24-18-5-3-2-4-17(18)22(26)25(21)16-10-11-19-20(12-16)30-13-29-19/h2-12,21,24H,13H2,1H3/t21-/m1/s1. The molecule has 150 valence electrons. The number of amides is 1. The van der Waals surface area contributed by atoms with Gasteiger partial charge in [0.1, 0.15) is 6.17 Å². The second kappa shape index (κ2) is 7.11. The predicted molar refractivity (Wildman–Crippen MR) is 110 cm³/mol. The summed E-state index contributed by atoms with van der Waals surface area (Å²) in [6.07, 6.45) is -0.473. The summed E-state index contributed by atoms with van der Waals surface area (Å²) < 4.78 is 15.7. The van der Waals surface area contributed by atoms with Crippen molar-refractivity contribution >= 4 is 23.3 Å². The van der Waals surface area contributed by atoms with Crippen molar-refractivity contribution in [1.29, 1.82) is 0 Å². The van der Waals surface area contributed by atoms with E-state index in [-0.39, 0.29) is 12.7 Å². The summed E-state index contributed by atoms with van der Waals surface area (Å²) in [4.78, 5) is 26.9. The number of fused-ring (bicyclic) bond motifs is 2. The molecule has 3 aromatic carbocycles. The molecule has 7 nitrogen and oxygen atoms in total. The number of esters is 1. The van der Waals surface area contributed by atoms with E-state index in [0.717, 1.165) is 11.3 Å². The van der Waals surface area contributed by atoms with Crippen molar-refractivity contribution in [2.24, 2.45) is 0 Å². The van der Waals surface area contributed by atoms with Crippen LogP contribution in [-0.4, -0.2) is 25.8 Å². The average molecular weight is 402 g/mol. The molecule has 3 aromatic rings. The van der Waals surface area contributed by atoms with Gasteiger partial charge in [-0.2, -0.15) is 0 Å². The highest BCUT2D eigenvalue weighted by atomic mass is 16.7. The van der Waals surface area contributed by atoms with Gasteiger partial charge in [-0.15, -0.1) is 0 Å². The van der Waals surface area contributed by atoms with Gasteiger partial charge in [-0.1, -0.05) is 24.3 Å². The molecule has 1 atom stereocenters. The average Bonchev–Trinajstić information content (AvgIpc) is 3.26.